The molecule has 1 heterocycles. The number of nitrogens with one attached hydrogen (secondary N) is 1. The van der Waals surface area contributed by atoms with Crippen molar-refractivity contribution >= 4 is 51.1 Å². The first-order chi connectivity index (χ1) is 9.54. The van der Waals surface area contributed by atoms with Gasteiger partial charge in [-0.05, 0) is 59.0 Å². The highest BCUT2D eigenvalue weighted by Gasteiger charge is 2.12. The summed E-state index contributed by atoms with van der Waals surface area (Å²) >= 11 is 8.12. The lowest BCUT2D eigenvalue weighted by Gasteiger charge is -2.03. The molecule has 0 bridgehead atoms. The second-order valence-electron chi connectivity index (χ2n) is 4.18. The highest BCUT2D eigenvalue weighted by Crippen LogP contribution is 2.22. The Morgan fingerprint density at radius 1 is 1.15 bits per heavy atom. The fourth-order valence-electron chi connectivity index (χ4n) is 1.89. The van der Waals surface area contributed by atoms with E-state index in [2.05, 4.69) is 27.6 Å². The van der Waals surface area contributed by atoms with E-state index in [1.807, 2.05) is 0 Å². The zero-order valence-electron chi connectivity index (χ0n) is 9.94. The summed E-state index contributed by atoms with van der Waals surface area (Å²) in [7, 11) is 0. The Morgan fingerprint density at radius 2 is 1.85 bits per heavy atom. The molecule has 0 unspecified atom stereocenters. The number of rotatable bonds is 2. The molecule has 0 amide bonds. The van der Waals surface area contributed by atoms with Gasteiger partial charge in [0, 0.05) is 14.7 Å². The second-order valence-corrected chi connectivity index (χ2v) is 5.75. The van der Waals surface area contributed by atoms with Crippen molar-refractivity contribution in [2.75, 3.05) is 0 Å². The minimum absolute atomic E-state index is 0.172. The smallest absolute Gasteiger partial charge is 0.408 e. The largest absolute Gasteiger partial charge is 0.417 e. The number of hydrogen-bond acceptors (Lipinski definition) is 3. The van der Waals surface area contributed by atoms with E-state index in [-0.39, 0.29) is 5.78 Å². The summed E-state index contributed by atoms with van der Waals surface area (Å²) in [6, 6.07) is 9.95. The van der Waals surface area contributed by atoms with Crippen LogP contribution in [0, 0.1) is 3.57 Å². The van der Waals surface area contributed by atoms with Crippen molar-refractivity contribution in [3.63, 3.8) is 0 Å². The molecule has 0 aliphatic rings. The van der Waals surface area contributed by atoms with Crippen LogP contribution in [0.3, 0.4) is 0 Å². The van der Waals surface area contributed by atoms with Crippen LogP contribution in [0.2, 0.25) is 5.02 Å². The lowest BCUT2D eigenvalue weighted by Crippen LogP contribution is -2.01. The number of halogens is 2. The minimum atomic E-state index is -0.540. The molecule has 3 rings (SSSR count). The molecule has 0 fully saturated rings. The Kier molecular flexibility index (Phi) is 3.39. The van der Waals surface area contributed by atoms with Gasteiger partial charge in [-0.1, -0.05) is 11.6 Å². The molecule has 0 saturated carbocycles. The highest BCUT2D eigenvalue weighted by atomic mass is 127. The van der Waals surface area contributed by atoms with E-state index in [0.717, 1.165) is 3.57 Å². The van der Waals surface area contributed by atoms with E-state index in [1.54, 1.807) is 36.4 Å². The Hall–Kier alpha value is -1.60. The van der Waals surface area contributed by atoms with Crippen LogP contribution in [0.1, 0.15) is 15.9 Å². The van der Waals surface area contributed by atoms with Crippen LogP contribution in [-0.2, 0) is 0 Å². The monoisotopic (exact) mass is 399 g/mol. The average Bonchev–Trinajstić information content (AvgIpc) is 2.80. The molecule has 3 aromatic rings. The Bertz CT molecular complexity index is 882. The molecule has 1 aromatic heterocycles. The van der Waals surface area contributed by atoms with Gasteiger partial charge in [-0.3, -0.25) is 9.78 Å². The number of ketones is 1. The van der Waals surface area contributed by atoms with Gasteiger partial charge in [-0.2, -0.15) is 0 Å². The molecule has 0 aliphatic carbocycles. The summed E-state index contributed by atoms with van der Waals surface area (Å²) in [6.45, 7) is 0. The molecule has 0 aliphatic heterocycles. The molecule has 4 nitrogen and oxygen atoms in total. The molecule has 0 radical (unpaired) electrons. The molecule has 0 spiro atoms. The highest BCUT2D eigenvalue weighted by molar-refractivity contribution is 14.1. The first-order valence-electron chi connectivity index (χ1n) is 5.67. The van der Waals surface area contributed by atoms with E-state index in [4.69, 9.17) is 16.0 Å². The molecular weight excluding hydrogens is 393 g/mol. The van der Waals surface area contributed by atoms with Crippen LogP contribution in [0.15, 0.2) is 45.6 Å². The fourth-order valence-corrected chi connectivity index (χ4v) is 2.41. The maximum Gasteiger partial charge on any atom is 0.417 e. The SMILES string of the molecule is O=C(c1ccc(I)c(Cl)c1)c1ccc2[nH]c(=O)oc2c1. The maximum absolute atomic E-state index is 12.4. The predicted molar refractivity (Wildman–Crippen MR) is 84.4 cm³/mol. The van der Waals surface area contributed by atoms with E-state index < -0.39 is 5.76 Å². The second kappa shape index (κ2) is 5.06. The maximum atomic E-state index is 12.4. The van der Waals surface area contributed by atoms with Crippen molar-refractivity contribution < 1.29 is 9.21 Å². The van der Waals surface area contributed by atoms with Crippen molar-refractivity contribution in [2.45, 2.75) is 0 Å². The summed E-state index contributed by atoms with van der Waals surface area (Å²) in [5, 5.41) is 0.533. The van der Waals surface area contributed by atoms with Crippen LogP contribution < -0.4 is 5.76 Å². The zero-order chi connectivity index (χ0) is 14.3. The van der Waals surface area contributed by atoms with Gasteiger partial charge >= 0.3 is 5.76 Å². The van der Waals surface area contributed by atoms with Crippen LogP contribution in [-0.4, -0.2) is 10.8 Å². The Labute approximate surface area is 131 Å². The van der Waals surface area contributed by atoms with Crippen molar-refractivity contribution in [3.8, 4) is 0 Å². The van der Waals surface area contributed by atoms with E-state index in [9.17, 15) is 9.59 Å². The molecule has 1 N–H and O–H groups in total. The van der Waals surface area contributed by atoms with Gasteiger partial charge in [0.05, 0.1) is 10.5 Å². The minimum Gasteiger partial charge on any atom is -0.408 e. The lowest BCUT2D eigenvalue weighted by atomic mass is 10.0. The molecule has 0 saturated heterocycles. The van der Waals surface area contributed by atoms with Crippen LogP contribution in [0.4, 0.5) is 0 Å². The molecule has 0 atom stereocenters. The summed E-state index contributed by atoms with van der Waals surface area (Å²) < 4.78 is 5.83. The normalized spacial score (nSPS) is 10.9. The number of hydrogen-bond donors (Lipinski definition) is 1. The summed E-state index contributed by atoms with van der Waals surface area (Å²) in [6.07, 6.45) is 0. The van der Waals surface area contributed by atoms with Gasteiger partial charge in [0.1, 0.15) is 0 Å². The molecule has 100 valence electrons. The van der Waals surface area contributed by atoms with Crippen LogP contribution >= 0.6 is 34.2 Å². The Morgan fingerprint density at radius 3 is 2.60 bits per heavy atom. The standard InChI is InChI=1S/C14H7ClINO3/c15-9-5-7(1-3-10(9)16)13(18)8-2-4-11-12(6-8)20-14(19)17-11/h1-6H,(H,17,19). The molecular formula is C14H7ClINO3. The van der Waals surface area contributed by atoms with Crippen molar-refractivity contribution in [1.29, 1.82) is 0 Å². The first-order valence-corrected chi connectivity index (χ1v) is 7.13. The third-order valence-electron chi connectivity index (χ3n) is 2.86. The molecule has 6 heteroatoms. The number of oxazole rings is 1. The number of aromatic amines is 1. The van der Waals surface area contributed by atoms with E-state index in [0.29, 0.717) is 27.2 Å². The van der Waals surface area contributed by atoms with Crippen molar-refractivity contribution in [2.24, 2.45) is 0 Å². The van der Waals surface area contributed by atoms with E-state index in [1.165, 1.54) is 0 Å². The fraction of sp³-hybridized carbons (Fsp3) is 0. The van der Waals surface area contributed by atoms with Crippen molar-refractivity contribution in [1.82, 2.24) is 4.98 Å². The number of fused-ring (bicyclic) bond motifs is 1. The molecule has 2 aromatic carbocycles. The number of benzene rings is 2. The summed E-state index contributed by atoms with van der Waals surface area (Å²) in [5.41, 5.74) is 1.86. The van der Waals surface area contributed by atoms with Gasteiger partial charge in [0.2, 0.25) is 0 Å². The third-order valence-corrected chi connectivity index (χ3v) is 4.44. The number of carbonyl (C=O) groups excluding carboxylic acids is 1. The van der Waals surface area contributed by atoms with Gasteiger partial charge < -0.3 is 4.42 Å². The number of carbonyl (C=O) groups is 1. The Balaban J connectivity index is 2.07. The van der Waals surface area contributed by atoms with Crippen LogP contribution in [0.5, 0.6) is 0 Å². The zero-order valence-corrected chi connectivity index (χ0v) is 12.9. The quantitative estimate of drug-likeness (QED) is 0.529. The topological polar surface area (TPSA) is 63.1 Å². The summed E-state index contributed by atoms with van der Waals surface area (Å²) in [4.78, 5) is 26.0. The number of aromatic nitrogens is 1. The lowest BCUT2D eigenvalue weighted by molar-refractivity contribution is 0.103. The number of H-pyrrole nitrogens is 1. The van der Waals surface area contributed by atoms with Crippen molar-refractivity contribution in [3.05, 3.63) is 66.7 Å². The summed E-state index contributed by atoms with van der Waals surface area (Å²) in [5.74, 6) is -0.712. The van der Waals surface area contributed by atoms with Gasteiger partial charge in [-0.15, -0.1) is 0 Å². The van der Waals surface area contributed by atoms with Gasteiger partial charge in [-0.25, -0.2) is 4.79 Å². The third kappa shape index (κ3) is 2.38. The van der Waals surface area contributed by atoms with Crippen LogP contribution in [0.25, 0.3) is 11.1 Å². The predicted octanol–water partition coefficient (Wildman–Crippen LogP) is 3.61. The van der Waals surface area contributed by atoms with Gasteiger partial charge in [0.25, 0.3) is 0 Å². The van der Waals surface area contributed by atoms with E-state index >= 15 is 0 Å². The average molecular weight is 400 g/mol. The first kappa shape index (κ1) is 13.4. The van der Waals surface area contributed by atoms with Gasteiger partial charge in [0.15, 0.2) is 11.4 Å². The molecule has 20 heavy (non-hydrogen) atoms.